The van der Waals surface area contributed by atoms with Crippen molar-refractivity contribution in [2.75, 3.05) is 13.2 Å². The monoisotopic (exact) mass is 550 g/mol. The second-order valence-corrected chi connectivity index (χ2v) is 9.97. The van der Waals surface area contributed by atoms with Crippen molar-refractivity contribution >= 4 is 27.7 Å². The first-order chi connectivity index (χ1) is 17.4. The van der Waals surface area contributed by atoms with Crippen molar-refractivity contribution in [1.82, 2.24) is 10.2 Å². The molecule has 0 fully saturated rings. The van der Waals surface area contributed by atoms with Gasteiger partial charge < -0.3 is 15.0 Å². The lowest BCUT2D eigenvalue weighted by atomic mass is 10.0. The van der Waals surface area contributed by atoms with E-state index in [9.17, 15) is 9.59 Å². The third kappa shape index (κ3) is 8.23. The number of nitrogens with zero attached hydrogens (tertiary/aromatic N) is 1. The molecule has 1 atom stereocenters. The molecule has 0 aromatic heterocycles. The summed E-state index contributed by atoms with van der Waals surface area (Å²) >= 11 is 3.47. The summed E-state index contributed by atoms with van der Waals surface area (Å²) in [6, 6.07) is 22.8. The highest BCUT2D eigenvalue weighted by Gasteiger charge is 2.30. The Kier molecular flexibility index (Phi) is 10.6. The van der Waals surface area contributed by atoms with Crippen LogP contribution < -0.4 is 10.1 Å². The highest BCUT2D eigenvalue weighted by Crippen LogP contribution is 2.20. The van der Waals surface area contributed by atoms with Gasteiger partial charge in [0.2, 0.25) is 5.91 Å². The summed E-state index contributed by atoms with van der Waals surface area (Å²) in [5.41, 5.74) is 4.05. The number of rotatable bonds is 12. The van der Waals surface area contributed by atoms with E-state index in [0.29, 0.717) is 25.3 Å². The minimum atomic E-state index is -0.664. The number of carbonyl (C=O) groups is 2. The van der Waals surface area contributed by atoms with E-state index < -0.39 is 6.04 Å². The fourth-order valence-electron chi connectivity index (χ4n) is 4.03. The number of ether oxygens (including phenoxy) is 1. The molecule has 1 unspecified atom stereocenters. The minimum absolute atomic E-state index is 0.145. The average molecular weight is 552 g/mol. The third-order valence-electron chi connectivity index (χ3n) is 6.05. The molecule has 5 nitrogen and oxygen atoms in total. The number of amides is 2. The second kappa shape index (κ2) is 13.8. The van der Waals surface area contributed by atoms with Crippen LogP contribution in [0.3, 0.4) is 0 Å². The maximum Gasteiger partial charge on any atom is 0.261 e. The van der Waals surface area contributed by atoms with Gasteiger partial charge in [-0.25, -0.2) is 0 Å². The normalized spacial score (nSPS) is 11.6. The zero-order valence-corrected chi connectivity index (χ0v) is 22.9. The van der Waals surface area contributed by atoms with Crippen molar-refractivity contribution in [2.24, 2.45) is 0 Å². The molecule has 0 saturated heterocycles. The Morgan fingerprint density at radius 1 is 0.972 bits per heavy atom. The molecular weight excluding hydrogens is 516 g/mol. The van der Waals surface area contributed by atoms with Crippen molar-refractivity contribution in [3.63, 3.8) is 0 Å². The molecule has 36 heavy (non-hydrogen) atoms. The molecule has 1 N–H and O–H groups in total. The van der Waals surface area contributed by atoms with Crippen molar-refractivity contribution in [3.05, 3.63) is 99.5 Å². The van der Waals surface area contributed by atoms with Gasteiger partial charge in [0.15, 0.2) is 6.61 Å². The molecule has 0 saturated carbocycles. The Morgan fingerprint density at radius 3 is 2.36 bits per heavy atom. The average Bonchev–Trinajstić information content (AvgIpc) is 2.87. The van der Waals surface area contributed by atoms with Gasteiger partial charge in [0.05, 0.1) is 0 Å². The van der Waals surface area contributed by atoms with Crippen LogP contribution in [0.5, 0.6) is 5.75 Å². The minimum Gasteiger partial charge on any atom is -0.483 e. The van der Waals surface area contributed by atoms with Gasteiger partial charge in [-0.1, -0.05) is 89.4 Å². The van der Waals surface area contributed by atoms with E-state index in [0.717, 1.165) is 39.6 Å². The molecule has 0 bridgehead atoms. The highest BCUT2D eigenvalue weighted by atomic mass is 79.9. The Bertz CT molecular complexity index is 1130. The van der Waals surface area contributed by atoms with Gasteiger partial charge >= 0.3 is 0 Å². The van der Waals surface area contributed by atoms with Crippen LogP contribution in [-0.4, -0.2) is 35.9 Å². The van der Waals surface area contributed by atoms with Gasteiger partial charge in [-0.3, -0.25) is 9.59 Å². The largest absolute Gasteiger partial charge is 0.483 e. The van der Waals surface area contributed by atoms with Crippen LogP contribution in [0.4, 0.5) is 0 Å². The van der Waals surface area contributed by atoms with Crippen molar-refractivity contribution in [3.8, 4) is 5.75 Å². The van der Waals surface area contributed by atoms with Crippen molar-refractivity contribution in [1.29, 1.82) is 0 Å². The standard InChI is InChI=1S/C30H35BrN2O3/c1-4-5-17-32-30(35)27(19-24-9-7-6-8-10-24)33(20-25-12-14-26(31)15-13-25)29(34)21-36-28-16-11-22(2)18-23(28)3/h6-16,18,27H,4-5,17,19-21H2,1-3H3,(H,32,35). The van der Waals surface area contributed by atoms with Crippen LogP contribution in [0, 0.1) is 13.8 Å². The Morgan fingerprint density at radius 2 is 1.69 bits per heavy atom. The van der Waals surface area contributed by atoms with E-state index in [4.69, 9.17) is 4.74 Å². The van der Waals surface area contributed by atoms with Gasteiger partial charge in [0.25, 0.3) is 5.91 Å². The van der Waals surface area contributed by atoms with Crippen LogP contribution in [0.2, 0.25) is 0 Å². The van der Waals surface area contributed by atoms with Gasteiger partial charge in [-0.15, -0.1) is 0 Å². The van der Waals surface area contributed by atoms with Crippen molar-refractivity contribution in [2.45, 2.75) is 52.6 Å². The summed E-state index contributed by atoms with van der Waals surface area (Å²) in [4.78, 5) is 28.7. The molecule has 0 heterocycles. The SMILES string of the molecule is CCCCNC(=O)C(Cc1ccccc1)N(Cc1ccc(Br)cc1)C(=O)COc1ccc(C)cc1C. The van der Waals surface area contributed by atoms with E-state index in [-0.39, 0.29) is 18.4 Å². The molecule has 0 spiro atoms. The molecule has 6 heteroatoms. The number of benzene rings is 3. The number of hydrogen-bond donors (Lipinski definition) is 1. The first-order valence-corrected chi connectivity index (χ1v) is 13.2. The molecule has 0 aliphatic heterocycles. The molecule has 2 amide bonds. The van der Waals surface area contributed by atoms with E-state index in [1.165, 1.54) is 0 Å². The molecule has 3 aromatic rings. The number of hydrogen-bond acceptors (Lipinski definition) is 3. The summed E-state index contributed by atoms with van der Waals surface area (Å²) in [6.45, 7) is 6.81. The summed E-state index contributed by atoms with van der Waals surface area (Å²) in [6.07, 6.45) is 2.29. The van der Waals surface area contributed by atoms with Crippen LogP contribution in [-0.2, 0) is 22.6 Å². The van der Waals surface area contributed by atoms with Crippen LogP contribution in [0.25, 0.3) is 0 Å². The van der Waals surface area contributed by atoms with Crippen LogP contribution in [0.15, 0.2) is 77.3 Å². The van der Waals surface area contributed by atoms with Crippen LogP contribution >= 0.6 is 15.9 Å². The van der Waals surface area contributed by atoms with Gasteiger partial charge in [0, 0.05) is 24.0 Å². The fourth-order valence-corrected chi connectivity index (χ4v) is 4.29. The van der Waals surface area contributed by atoms with Gasteiger partial charge in [-0.2, -0.15) is 0 Å². The number of unbranched alkanes of at least 4 members (excludes halogenated alkanes) is 1. The Hall–Kier alpha value is -3.12. The van der Waals surface area contributed by atoms with Gasteiger partial charge in [-0.05, 0) is 55.2 Å². The Labute approximate surface area is 223 Å². The number of carbonyl (C=O) groups excluding carboxylic acids is 2. The van der Waals surface area contributed by atoms with Crippen LogP contribution in [0.1, 0.15) is 42.0 Å². The first-order valence-electron chi connectivity index (χ1n) is 12.4. The predicted molar refractivity (Wildman–Crippen MR) is 148 cm³/mol. The maximum absolute atomic E-state index is 13.6. The lowest BCUT2D eigenvalue weighted by Gasteiger charge is -2.31. The molecule has 0 radical (unpaired) electrons. The number of nitrogens with one attached hydrogen (secondary N) is 1. The van der Waals surface area contributed by atoms with Crippen molar-refractivity contribution < 1.29 is 14.3 Å². The fraction of sp³-hybridized carbons (Fsp3) is 0.333. The zero-order chi connectivity index (χ0) is 25.9. The number of halogens is 1. The van der Waals surface area contributed by atoms with E-state index in [2.05, 4.69) is 28.2 Å². The van der Waals surface area contributed by atoms with E-state index in [1.807, 2.05) is 86.6 Å². The summed E-state index contributed by atoms with van der Waals surface area (Å²) in [5.74, 6) is 0.290. The molecule has 190 valence electrons. The first kappa shape index (κ1) is 27.5. The molecule has 0 aliphatic rings. The van der Waals surface area contributed by atoms with E-state index in [1.54, 1.807) is 4.90 Å². The quantitative estimate of drug-likeness (QED) is 0.281. The molecule has 3 aromatic carbocycles. The smallest absolute Gasteiger partial charge is 0.261 e. The molecule has 0 aliphatic carbocycles. The van der Waals surface area contributed by atoms with Gasteiger partial charge in [0.1, 0.15) is 11.8 Å². The summed E-state index contributed by atoms with van der Waals surface area (Å²) < 4.78 is 6.90. The number of aryl methyl sites for hydroxylation is 2. The molecular formula is C30H35BrN2O3. The predicted octanol–water partition coefficient (Wildman–Crippen LogP) is 6.00. The third-order valence-corrected chi connectivity index (χ3v) is 6.58. The molecule has 3 rings (SSSR count). The van der Waals surface area contributed by atoms with E-state index >= 15 is 0 Å². The Balaban J connectivity index is 1.88. The second-order valence-electron chi connectivity index (χ2n) is 9.06. The lowest BCUT2D eigenvalue weighted by Crippen LogP contribution is -2.51. The summed E-state index contributed by atoms with van der Waals surface area (Å²) in [7, 11) is 0. The maximum atomic E-state index is 13.6. The topological polar surface area (TPSA) is 58.6 Å². The highest BCUT2D eigenvalue weighted by molar-refractivity contribution is 9.10. The zero-order valence-electron chi connectivity index (χ0n) is 21.3. The lowest BCUT2D eigenvalue weighted by molar-refractivity contribution is -0.142. The summed E-state index contributed by atoms with van der Waals surface area (Å²) in [5, 5.41) is 3.04.